The number of hydrogen-bond acceptors (Lipinski definition) is 5. The third-order valence-electron chi connectivity index (χ3n) is 2.68. The van der Waals surface area contributed by atoms with Crippen molar-refractivity contribution in [3.05, 3.63) is 56.5 Å². The van der Waals surface area contributed by atoms with Crippen LogP contribution in [0.5, 0.6) is 0 Å². The number of benzene rings is 1. The van der Waals surface area contributed by atoms with Crippen molar-refractivity contribution in [1.82, 2.24) is 10.3 Å². The van der Waals surface area contributed by atoms with E-state index in [0.29, 0.717) is 12.1 Å². The van der Waals surface area contributed by atoms with Crippen molar-refractivity contribution in [2.24, 2.45) is 0 Å². The summed E-state index contributed by atoms with van der Waals surface area (Å²) in [5.41, 5.74) is 3.57. The first kappa shape index (κ1) is 12.7. The van der Waals surface area contributed by atoms with E-state index in [2.05, 4.69) is 10.3 Å². The summed E-state index contributed by atoms with van der Waals surface area (Å²) < 4.78 is 0. The van der Waals surface area contributed by atoms with Gasteiger partial charge in [0.1, 0.15) is 0 Å². The van der Waals surface area contributed by atoms with Gasteiger partial charge in [0.15, 0.2) is 0 Å². The van der Waals surface area contributed by atoms with E-state index >= 15 is 0 Å². The predicted octanol–water partition coefficient (Wildman–Crippen LogP) is 2.90. The van der Waals surface area contributed by atoms with Crippen molar-refractivity contribution in [1.29, 1.82) is 0 Å². The number of nitro groups is 1. The second kappa shape index (κ2) is 5.70. The molecule has 6 heteroatoms. The minimum Gasteiger partial charge on any atom is -0.304 e. The zero-order valence-electron chi connectivity index (χ0n) is 9.87. The fraction of sp³-hybridized carbons (Fsp3) is 0.250. The van der Waals surface area contributed by atoms with Crippen LogP contribution in [0.3, 0.4) is 0 Å². The van der Waals surface area contributed by atoms with E-state index in [1.165, 1.54) is 17.4 Å². The number of nitro benzene ring substituents is 1. The molecular weight excluding hydrogens is 250 g/mol. The number of hydrogen-bond donors (Lipinski definition) is 1. The van der Waals surface area contributed by atoms with Crippen LogP contribution in [-0.4, -0.2) is 9.91 Å². The van der Waals surface area contributed by atoms with Crippen LogP contribution in [0.1, 0.15) is 24.2 Å². The number of thiazole rings is 1. The Bertz CT molecular complexity index is 528. The van der Waals surface area contributed by atoms with Gasteiger partial charge in [-0.2, -0.15) is 0 Å². The maximum Gasteiger partial charge on any atom is 0.273 e. The Morgan fingerprint density at radius 2 is 2.28 bits per heavy atom. The lowest BCUT2D eigenvalue weighted by atomic mass is 10.1. The highest BCUT2D eigenvalue weighted by molar-refractivity contribution is 7.07. The van der Waals surface area contributed by atoms with Gasteiger partial charge in [0.2, 0.25) is 0 Å². The van der Waals surface area contributed by atoms with Crippen LogP contribution in [0.2, 0.25) is 0 Å². The molecule has 0 radical (unpaired) electrons. The van der Waals surface area contributed by atoms with Gasteiger partial charge in [-0.15, -0.1) is 11.3 Å². The Balaban J connectivity index is 2.04. The van der Waals surface area contributed by atoms with Gasteiger partial charge in [0, 0.05) is 29.6 Å². The standard InChI is InChI=1S/C12H13N3O2S/c1-9(11-7-18-8-14-11)13-6-10-4-2-3-5-12(10)15(16)17/h2-5,7-9,13H,6H2,1H3. The van der Waals surface area contributed by atoms with Gasteiger partial charge in [0.25, 0.3) is 5.69 Å². The molecule has 1 atom stereocenters. The first-order valence-corrected chi connectivity index (χ1v) is 6.46. The third kappa shape index (κ3) is 2.91. The van der Waals surface area contributed by atoms with Crippen LogP contribution >= 0.6 is 11.3 Å². The summed E-state index contributed by atoms with van der Waals surface area (Å²) in [5.74, 6) is 0. The second-order valence-electron chi connectivity index (χ2n) is 3.90. The van der Waals surface area contributed by atoms with E-state index in [4.69, 9.17) is 0 Å². The quantitative estimate of drug-likeness (QED) is 0.665. The first-order chi connectivity index (χ1) is 8.68. The summed E-state index contributed by atoms with van der Waals surface area (Å²) in [4.78, 5) is 14.7. The number of para-hydroxylation sites is 1. The van der Waals surface area contributed by atoms with Crippen molar-refractivity contribution in [2.75, 3.05) is 0 Å². The summed E-state index contributed by atoms with van der Waals surface area (Å²) in [6, 6.07) is 6.84. The molecule has 1 N–H and O–H groups in total. The molecule has 0 spiro atoms. The first-order valence-electron chi connectivity index (χ1n) is 5.52. The van der Waals surface area contributed by atoms with Gasteiger partial charge in [-0.3, -0.25) is 10.1 Å². The molecule has 0 fully saturated rings. The Morgan fingerprint density at radius 1 is 1.50 bits per heavy atom. The van der Waals surface area contributed by atoms with Crippen LogP contribution in [0.15, 0.2) is 35.2 Å². The predicted molar refractivity (Wildman–Crippen MR) is 70.5 cm³/mol. The van der Waals surface area contributed by atoms with Crippen LogP contribution in [0, 0.1) is 10.1 Å². The molecule has 18 heavy (non-hydrogen) atoms. The topological polar surface area (TPSA) is 68.1 Å². The molecule has 0 amide bonds. The minimum absolute atomic E-state index is 0.0797. The highest BCUT2D eigenvalue weighted by atomic mass is 32.1. The van der Waals surface area contributed by atoms with Crippen LogP contribution in [0.25, 0.3) is 0 Å². The van der Waals surface area contributed by atoms with E-state index in [1.54, 1.807) is 23.7 Å². The molecule has 0 saturated heterocycles. The highest BCUT2D eigenvalue weighted by Crippen LogP contribution is 2.19. The molecule has 1 aromatic carbocycles. The van der Waals surface area contributed by atoms with Gasteiger partial charge >= 0.3 is 0 Å². The maximum absolute atomic E-state index is 10.9. The summed E-state index contributed by atoms with van der Waals surface area (Å²) in [7, 11) is 0. The molecular formula is C12H13N3O2S. The van der Waals surface area contributed by atoms with Gasteiger partial charge in [0.05, 0.1) is 16.1 Å². The van der Waals surface area contributed by atoms with Crippen molar-refractivity contribution in [2.45, 2.75) is 19.5 Å². The number of aromatic nitrogens is 1. The fourth-order valence-electron chi connectivity index (χ4n) is 1.64. The second-order valence-corrected chi connectivity index (χ2v) is 4.62. The van der Waals surface area contributed by atoms with Crippen LogP contribution < -0.4 is 5.32 Å². The summed E-state index contributed by atoms with van der Waals surface area (Å²) in [6.07, 6.45) is 0. The Labute approximate surface area is 109 Å². The number of rotatable bonds is 5. The molecule has 0 aliphatic rings. The van der Waals surface area contributed by atoms with Crippen molar-refractivity contribution in [3.63, 3.8) is 0 Å². The Hall–Kier alpha value is -1.79. The van der Waals surface area contributed by atoms with Crippen molar-refractivity contribution < 1.29 is 4.92 Å². The average Bonchev–Trinajstić information content (AvgIpc) is 2.90. The average molecular weight is 263 g/mol. The smallest absolute Gasteiger partial charge is 0.273 e. The monoisotopic (exact) mass is 263 g/mol. The van der Waals surface area contributed by atoms with Crippen molar-refractivity contribution in [3.8, 4) is 0 Å². The molecule has 2 aromatic rings. The van der Waals surface area contributed by atoms with E-state index in [9.17, 15) is 10.1 Å². The van der Waals surface area contributed by atoms with E-state index in [-0.39, 0.29) is 16.7 Å². The highest BCUT2D eigenvalue weighted by Gasteiger charge is 2.13. The number of nitrogens with zero attached hydrogens (tertiary/aromatic N) is 2. The molecule has 0 aliphatic heterocycles. The summed E-state index contributed by atoms with van der Waals surface area (Å²) in [6.45, 7) is 2.44. The lowest BCUT2D eigenvalue weighted by Crippen LogP contribution is -2.18. The van der Waals surface area contributed by atoms with Gasteiger partial charge < -0.3 is 5.32 Å². The summed E-state index contributed by atoms with van der Waals surface area (Å²) in [5, 5.41) is 16.1. The zero-order valence-corrected chi connectivity index (χ0v) is 10.7. The van der Waals surface area contributed by atoms with E-state index in [1.807, 2.05) is 12.3 Å². The van der Waals surface area contributed by atoms with Gasteiger partial charge in [-0.25, -0.2) is 4.98 Å². The largest absolute Gasteiger partial charge is 0.304 e. The Kier molecular flexibility index (Phi) is 4.01. The molecule has 0 saturated carbocycles. The molecule has 0 bridgehead atoms. The van der Waals surface area contributed by atoms with Crippen LogP contribution in [-0.2, 0) is 6.54 Å². The lowest BCUT2D eigenvalue weighted by molar-refractivity contribution is -0.385. The molecule has 94 valence electrons. The molecule has 2 rings (SSSR count). The normalized spacial score (nSPS) is 12.3. The van der Waals surface area contributed by atoms with Gasteiger partial charge in [-0.05, 0) is 6.92 Å². The molecule has 1 aromatic heterocycles. The van der Waals surface area contributed by atoms with Crippen molar-refractivity contribution >= 4 is 17.0 Å². The fourth-order valence-corrected chi connectivity index (χ4v) is 2.29. The van der Waals surface area contributed by atoms with Crippen LogP contribution in [0.4, 0.5) is 5.69 Å². The van der Waals surface area contributed by atoms with E-state index < -0.39 is 0 Å². The SMILES string of the molecule is CC(NCc1ccccc1[N+](=O)[O-])c1cscn1. The molecule has 0 aliphatic carbocycles. The van der Waals surface area contributed by atoms with E-state index in [0.717, 1.165) is 5.69 Å². The Morgan fingerprint density at radius 3 is 2.94 bits per heavy atom. The lowest BCUT2D eigenvalue weighted by Gasteiger charge is -2.11. The number of nitrogens with one attached hydrogen (secondary N) is 1. The van der Waals surface area contributed by atoms with Gasteiger partial charge in [-0.1, -0.05) is 18.2 Å². The molecule has 1 heterocycles. The molecule has 1 unspecified atom stereocenters. The summed E-state index contributed by atoms with van der Waals surface area (Å²) >= 11 is 1.54. The molecule has 5 nitrogen and oxygen atoms in total. The third-order valence-corrected chi connectivity index (χ3v) is 3.29. The zero-order chi connectivity index (χ0) is 13.0. The maximum atomic E-state index is 10.9. The minimum atomic E-state index is -0.357.